The van der Waals surface area contributed by atoms with Crippen LogP contribution in [0.1, 0.15) is 49.3 Å². The minimum Gasteiger partial charge on any atom is -0.481 e. The van der Waals surface area contributed by atoms with Crippen molar-refractivity contribution in [3.63, 3.8) is 0 Å². The predicted octanol–water partition coefficient (Wildman–Crippen LogP) is 4.11. The molecule has 6 heteroatoms. The molecule has 4 heterocycles. The Morgan fingerprint density at radius 2 is 2.07 bits per heavy atom. The maximum absolute atomic E-state index is 10.6. The smallest absolute Gasteiger partial charge is 0.303 e. The summed E-state index contributed by atoms with van der Waals surface area (Å²) in [5.74, 6) is 0.781. The maximum atomic E-state index is 10.6. The number of fused-ring (bicyclic) bond motifs is 1. The van der Waals surface area contributed by atoms with Crippen LogP contribution in [0.2, 0.25) is 0 Å². The number of rotatable bonds is 8. The van der Waals surface area contributed by atoms with Gasteiger partial charge >= 0.3 is 5.97 Å². The number of aliphatic carboxylic acids is 1. The van der Waals surface area contributed by atoms with E-state index in [0.717, 1.165) is 56.7 Å². The van der Waals surface area contributed by atoms with Gasteiger partial charge in [0.25, 0.3) is 0 Å². The third-order valence-electron chi connectivity index (χ3n) is 5.71. The largest absolute Gasteiger partial charge is 0.481 e. The van der Waals surface area contributed by atoms with E-state index in [9.17, 15) is 4.79 Å². The second-order valence-corrected chi connectivity index (χ2v) is 7.63. The summed E-state index contributed by atoms with van der Waals surface area (Å²) in [6.07, 6.45) is 10.1. The van der Waals surface area contributed by atoms with Crippen molar-refractivity contribution in [3.8, 4) is 0 Å². The highest BCUT2D eigenvalue weighted by molar-refractivity contribution is 5.81. The Labute approximate surface area is 164 Å². The zero-order valence-electron chi connectivity index (χ0n) is 16.1. The topological polar surface area (TPSA) is 71.5 Å². The third kappa shape index (κ3) is 4.28. The molecule has 148 valence electrons. The van der Waals surface area contributed by atoms with Gasteiger partial charge in [-0.05, 0) is 81.1 Å². The summed E-state index contributed by atoms with van der Waals surface area (Å²) in [4.78, 5) is 17.7. The third-order valence-corrected chi connectivity index (χ3v) is 5.71. The first-order chi connectivity index (χ1) is 13.7. The van der Waals surface area contributed by atoms with Crippen molar-refractivity contribution in [3.05, 3.63) is 54.2 Å². The molecule has 0 amide bonds. The Kier molecular flexibility index (Phi) is 5.76. The Bertz CT molecular complexity index is 908. The summed E-state index contributed by atoms with van der Waals surface area (Å²) >= 11 is 0. The van der Waals surface area contributed by atoms with Gasteiger partial charge in [-0.3, -0.25) is 4.79 Å². The van der Waals surface area contributed by atoms with E-state index in [0.29, 0.717) is 12.5 Å². The number of hydrogen-bond acceptors (Lipinski definition) is 4. The van der Waals surface area contributed by atoms with E-state index < -0.39 is 5.97 Å². The van der Waals surface area contributed by atoms with Crippen LogP contribution in [0.3, 0.4) is 0 Å². The molecule has 4 rings (SSSR count). The number of likely N-dealkylation sites (tertiary alicyclic amines) is 1. The van der Waals surface area contributed by atoms with Gasteiger partial charge in [-0.1, -0.05) is 0 Å². The molecule has 1 fully saturated rings. The molecule has 1 saturated heterocycles. The summed E-state index contributed by atoms with van der Waals surface area (Å²) in [5.41, 5.74) is 2.41. The number of unbranched alkanes of at least 4 members (excludes halogenated alkanes) is 1. The average molecular weight is 381 g/mol. The Balaban J connectivity index is 1.41. The first-order valence-electron chi connectivity index (χ1n) is 10.1. The molecule has 3 aromatic heterocycles. The number of hydrogen-bond donors (Lipinski definition) is 1. The highest BCUT2D eigenvalue weighted by Gasteiger charge is 2.24. The van der Waals surface area contributed by atoms with Crippen molar-refractivity contribution < 1.29 is 14.3 Å². The zero-order chi connectivity index (χ0) is 19.3. The highest BCUT2D eigenvalue weighted by Crippen LogP contribution is 2.34. The van der Waals surface area contributed by atoms with E-state index in [-0.39, 0.29) is 6.42 Å². The number of furan rings is 1. The molecule has 0 bridgehead atoms. The molecule has 0 spiro atoms. The monoisotopic (exact) mass is 381 g/mol. The minimum absolute atomic E-state index is 0.276. The molecule has 1 N–H and O–H groups in total. The first-order valence-corrected chi connectivity index (χ1v) is 10.1. The van der Waals surface area contributed by atoms with E-state index in [4.69, 9.17) is 9.52 Å². The Morgan fingerprint density at radius 3 is 2.82 bits per heavy atom. The van der Waals surface area contributed by atoms with Gasteiger partial charge in [-0.25, -0.2) is 4.98 Å². The molecule has 0 aromatic carbocycles. The summed E-state index contributed by atoms with van der Waals surface area (Å²) in [5, 5.41) is 10.00. The predicted molar refractivity (Wildman–Crippen MR) is 107 cm³/mol. The summed E-state index contributed by atoms with van der Waals surface area (Å²) < 4.78 is 7.72. The van der Waals surface area contributed by atoms with Gasteiger partial charge in [-0.15, -0.1) is 0 Å². The van der Waals surface area contributed by atoms with Crippen molar-refractivity contribution in [1.82, 2.24) is 14.5 Å². The van der Waals surface area contributed by atoms with Crippen LogP contribution < -0.4 is 0 Å². The van der Waals surface area contributed by atoms with E-state index in [2.05, 4.69) is 26.7 Å². The van der Waals surface area contributed by atoms with Gasteiger partial charge < -0.3 is 19.0 Å². The van der Waals surface area contributed by atoms with Gasteiger partial charge in [0.05, 0.1) is 12.8 Å². The molecule has 3 aromatic rings. The van der Waals surface area contributed by atoms with Crippen LogP contribution in [0.15, 0.2) is 47.3 Å². The van der Waals surface area contributed by atoms with Crippen molar-refractivity contribution in [2.45, 2.75) is 44.6 Å². The minimum atomic E-state index is -0.696. The summed E-state index contributed by atoms with van der Waals surface area (Å²) in [6.45, 7) is 3.84. The number of pyridine rings is 1. The van der Waals surface area contributed by atoms with Crippen molar-refractivity contribution in [1.29, 1.82) is 0 Å². The maximum Gasteiger partial charge on any atom is 0.303 e. The lowest BCUT2D eigenvalue weighted by molar-refractivity contribution is -0.137. The molecule has 0 unspecified atom stereocenters. The van der Waals surface area contributed by atoms with Crippen LogP contribution in [-0.2, 0) is 11.3 Å². The molecule has 1 aliphatic rings. The molecular formula is C22H27N3O3. The fourth-order valence-corrected chi connectivity index (χ4v) is 4.25. The molecule has 1 aliphatic heterocycles. The second kappa shape index (κ2) is 8.61. The number of carboxylic acid groups (broad SMARTS) is 1. The van der Waals surface area contributed by atoms with Crippen LogP contribution in [0.4, 0.5) is 0 Å². The lowest BCUT2D eigenvalue weighted by Gasteiger charge is -2.31. The lowest BCUT2D eigenvalue weighted by atomic mass is 9.89. The number of piperidine rings is 1. The van der Waals surface area contributed by atoms with Crippen LogP contribution in [0.5, 0.6) is 0 Å². The lowest BCUT2D eigenvalue weighted by Crippen LogP contribution is -2.33. The normalized spacial score (nSPS) is 16.0. The van der Waals surface area contributed by atoms with Crippen LogP contribution in [-0.4, -0.2) is 45.2 Å². The SMILES string of the molecule is O=C(O)CCCCN1CCC(c2cn(Cc3ccco3)c3ncccc23)CC1. The Hall–Kier alpha value is -2.60. The molecular weight excluding hydrogens is 354 g/mol. The standard InChI is InChI=1S/C22H27N3O3/c26-21(27)7-1-2-11-24-12-8-17(9-13-24)20-16-25(15-18-5-4-14-28-18)22-19(20)6-3-10-23-22/h3-6,10,14,16-17H,1-2,7-9,11-13,15H2,(H,26,27). The van der Waals surface area contributed by atoms with Crippen LogP contribution >= 0.6 is 0 Å². The quantitative estimate of drug-likeness (QED) is 0.595. The van der Waals surface area contributed by atoms with Gasteiger partial charge in [0.1, 0.15) is 11.4 Å². The Morgan fingerprint density at radius 1 is 1.21 bits per heavy atom. The molecule has 28 heavy (non-hydrogen) atoms. The van der Waals surface area contributed by atoms with Gasteiger partial charge in [0.2, 0.25) is 0 Å². The van der Waals surface area contributed by atoms with Gasteiger partial charge in [0.15, 0.2) is 0 Å². The van der Waals surface area contributed by atoms with Crippen molar-refractivity contribution in [2.75, 3.05) is 19.6 Å². The van der Waals surface area contributed by atoms with Crippen LogP contribution in [0, 0.1) is 0 Å². The fraction of sp³-hybridized carbons (Fsp3) is 0.455. The highest BCUT2D eigenvalue weighted by atomic mass is 16.4. The molecule has 0 aliphatic carbocycles. The zero-order valence-corrected chi connectivity index (χ0v) is 16.1. The van der Waals surface area contributed by atoms with E-state index in [1.54, 1.807) is 6.26 Å². The second-order valence-electron chi connectivity index (χ2n) is 7.63. The number of carboxylic acids is 1. The average Bonchev–Trinajstić information content (AvgIpc) is 3.34. The number of carbonyl (C=O) groups is 1. The summed E-state index contributed by atoms with van der Waals surface area (Å²) in [6, 6.07) is 8.11. The van der Waals surface area contributed by atoms with Crippen molar-refractivity contribution in [2.24, 2.45) is 0 Å². The first kappa shape index (κ1) is 18.7. The van der Waals surface area contributed by atoms with E-state index in [1.807, 2.05) is 24.4 Å². The fourth-order valence-electron chi connectivity index (χ4n) is 4.25. The van der Waals surface area contributed by atoms with Gasteiger partial charge in [0, 0.05) is 24.2 Å². The number of aromatic nitrogens is 2. The molecule has 0 radical (unpaired) electrons. The van der Waals surface area contributed by atoms with E-state index >= 15 is 0 Å². The van der Waals surface area contributed by atoms with Gasteiger partial charge in [-0.2, -0.15) is 0 Å². The number of nitrogens with zero attached hydrogens (tertiary/aromatic N) is 3. The van der Waals surface area contributed by atoms with Crippen molar-refractivity contribution >= 4 is 17.0 Å². The van der Waals surface area contributed by atoms with E-state index in [1.165, 1.54) is 10.9 Å². The summed E-state index contributed by atoms with van der Waals surface area (Å²) in [7, 11) is 0. The molecule has 6 nitrogen and oxygen atoms in total. The molecule has 0 saturated carbocycles. The van der Waals surface area contributed by atoms with Crippen LogP contribution in [0.25, 0.3) is 11.0 Å². The molecule has 0 atom stereocenters.